The van der Waals surface area contributed by atoms with Crippen molar-refractivity contribution in [2.75, 3.05) is 0 Å². The zero-order valence-corrected chi connectivity index (χ0v) is 7.49. The molecule has 2 amide bonds. The van der Waals surface area contributed by atoms with Gasteiger partial charge in [-0.1, -0.05) is 23.3 Å². The van der Waals surface area contributed by atoms with Crippen LogP contribution < -0.4 is 5.84 Å². The Bertz CT molecular complexity index is 303. The van der Waals surface area contributed by atoms with Gasteiger partial charge in [-0.15, -0.1) is 0 Å². The molecule has 0 unspecified atom stereocenters. The van der Waals surface area contributed by atoms with E-state index in [1.54, 1.807) is 0 Å². The predicted molar refractivity (Wildman–Crippen MR) is 48.9 cm³/mol. The maximum atomic E-state index is 10.7. The predicted octanol–water partition coefficient (Wildman–Crippen LogP) is 2.02. The van der Waals surface area contributed by atoms with Crippen molar-refractivity contribution in [1.82, 2.24) is 4.41 Å². The molecule has 13 heavy (non-hydrogen) atoms. The number of nitrogens with two attached hydrogens (primary N) is 1. The van der Waals surface area contributed by atoms with E-state index < -0.39 is 6.03 Å². The lowest BCUT2D eigenvalue weighted by Crippen LogP contribution is -2.27. The molecule has 0 saturated heterocycles. The third kappa shape index (κ3) is 2.85. The molecule has 1 aromatic rings. The van der Waals surface area contributed by atoms with E-state index in [1.807, 2.05) is 30.3 Å². The molecule has 0 atom stereocenters. The molecule has 0 aliphatic carbocycles. The van der Waals surface area contributed by atoms with Gasteiger partial charge in [0.1, 0.15) is 0 Å². The molecule has 0 bridgehead atoms. The highest BCUT2D eigenvalue weighted by Gasteiger charge is 2.08. The summed E-state index contributed by atoms with van der Waals surface area (Å²) in [6.45, 7) is 0. The zero-order chi connectivity index (χ0) is 9.68. The molecular formula is C7H8N4OS. The number of nitrogens with zero attached hydrogens (tertiary/aromatic N) is 2. The van der Waals surface area contributed by atoms with E-state index in [2.05, 4.69) is 5.11 Å². The Morgan fingerprint density at radius 1 is 1.46 bits per heavy atom. The van der Waals surface area contributed by atoms with Crippen LogP contribution in [0.5, 0.6) is 0 Å². The summed E-state index contributed by atoms with van der Waals surface area (Å²) >= 11 is 1.02. The molecular weight excluding hydrogens is 188 g/mol. The smallest absolute Gasteiger partial charge is 0.242 e. The van der Waals surface area contributed by atoms with Gasteiger partial charge in [-0.25, -0.2) is 10.6 Å². The highest BCUT2D eigenvalue weighted by molar-refractivity contribution is 7.97. The number of carbonyl (C=O) groups is 1. The van der Waals surface area contributed by atoms with E-state index in [0.29, 0.717) is 0 Å². The van der Waals surface area contributed by atoms with Gasteiger partial charge in [0.05, 0.1) is 0 Å². The van der Waals surface area contributed by atoms with Crippen molar-refractivity contribution >= 4 is 18.0 Å². The fourth-order valence-electron chi connectivity index (χ4n) is 0.683. The largest absolute Gasteiger partial charge is 0.386 e. The molecule has 0 heterocycles. The van der Waals surface area contributed by atoms with Gasteiger partial charge in [-0.3, -0.25) is 0 Å². The van der Waals surface area contributed by atoms with Crippen LogP contribution in [0.4, 0.5) is 4.79 Å². The molecule has 0 aromatic heterocycles. The molecule has 68 valence electrons. The van der Waals surface area contributed by atoms with E-state index in [-0.39, 0.29) is 0 Å². The van der Waals surface area contributed by atoms with Crippen molar-refractivity contribution in [2.24, 2.45) is 11.0 Å². The molecule has 0 aliphatic rings. The van der Waals surface area contributed by atoms with Gasteiger partial charge in [0.15, 0.2) is 0 Å². The number of rotatable bonds is 2. The average Bonchev–Trinajstić information content (AvgIpc) is 2.18. The monoisotopic (exact) mass is 196 g/mol. The normalized spacial score (nSPS) is 9.31. The van der Waals surface area contributed by atoms with Crippen LogP contribution in [-0.2, 0) is 0 Å². The molecule has 5 nitrogen and oxygen atoms in total. The van der Waals surface area contributed by atoms with Crippen molar-refractivity contribution in [1.29, 1.82) is 5.53 Å². The van der Waals surface area contributed by atoms with Crippen molar-refractivity contribution in [3.63, 3.8) is 0 Å². The Labute approximate surface area is 79.5 Å². The molecule has 1 rings (SSSR count). The first-order valence-corrected chi connectivity index (χ1v) is 4.20. The van der Waals surface area contributed by atoms with E-state index in [9.17, 15) is 4.79 Å². The van der Waals surface area contributed by atoms with Crippen LogP contribution >= 0.6 is 11.9 Å². The van der Waals surface area contributed by atoms with E-state index in [1.165, 1.54) is 0 Å². The lowest BCUT2D eigenvalue weighted by Gasteiger charge is -2.10. The Hall–Kier alpha value is -1.40. The molecule has 0 aliphatic heterocycles. The molecule has 0 radical (unpaired) electrons. The summed E-state index contributed by atoms with van der Waals surface area (Å²) in [6, 6.07) is 8.36. The molecule has 0 fully saturated rings. The highest BCUT2D eigenvalue weighted by atomic mass is 32.2. The SMILES string of the molecule is N=NC(=O)N(N)Sc1ccccc1. The second kappa shape index (κ2) is 4.58. The van der Waals surface area contributed by atoms with Gasteiger partial charge >= 0.3 is 6.03 Å². The second-order valence-corrected chi connectivity index (χ2v) is 3.17. The second-order valence-electron chi connectivity index (χ2n) is 2.12. The van der Waals surface area contributed by atoms with Crippen LogP contribution in [0, 0.1) is 5.53 Å². The van der Waals surface area contributed by atoms with Crippen LogP contribution in [0.25, 0.3) is 0 Å². The number of hydrogen-bond acceptors (Lipinski definition) is 4. The fraction of sp³-hybridized carbons (Fsp3) is 0. The minimum atomic E-state index is -0.783. The Morgan fingerprint density at radius 2 is 2.08 bits per heavy atom. The zero-order valence-electron chi connectivity index (χ0n) is 6.68. The summed E-state index contributed by atoms with van der Waals surface area (Å²) in [5, 5.41) is 2.68. The minimum Gasteiger partial charge on any atom is -0.242 e. The summed E-state index contributed by atoms with van der Waals surface area (Å²) in [5.41, 5.74) is 6.45. The highest BCUT2D eigenvalue weighted by Crippen LogP contribution is 2.19. The van der Waals surface area contributed by atoms with Gasteiger partial charge in [0, 0.05) is 16.8 Å². The third-order valence-corrected chi connectivity index (χ3v) is 2.07. The number of benzene rings is 1. The van der Waals surface area contributed by atoms with E-state index >= 15 is 0 Å². The first-order valence-electron chi connectivity index (χ1n) is 3.43. The summed E-state index contributed by atoms with van der Waals surface area (Å²) < 4.78 is 0.808. The van der Waals surface area contributed by atoms with Gasteiger partial charge in [0.2, 0.25) is 0 Å². The maximum absolute atomic E-state index is 10.7. The Morgan fingerprint density at radius 3 is 2.62 bits per heavy atom. The van der Waals surface area contributed by atoms with Gasteiger partial charge < -0.3 is 0 Å². The van der Waals surface area contributed by atoms with Gasteiger partial charge in [-0.2, -0.15) is 9.95 Å². The number of hydrogen-bond donors (Lipinski definition) is 2. The summed E-state index contributed by atoms with van der Waals surface area (Å²) in [4.78, 5) is 11.6. The molecule has 3 N–H and O–H groups in total. The topological polar surface area (TPSA) is 82.5 Å². The quantitative estimate of drug-likeness (QED) is 0.249. The van der Waals surface area contributed by atoms with Crippen molar-refractivity contribution in [3.8, 4) is 0 Å². The maximum Gasteiger partial charge on any atom is 0.386 e. The first kappa shape index (κ1) is 9.69. The van der Waals surface area contributed by atoms with Crippen molar-refractivity contribution in [3.05, 3.63) is 30.3 Å². The van der Waals surface area contributed by atoms with E-state index in [4.69, 9.17) is 11.4 Å². The lowest BCUT2D eigenvalue weighted by atomic mass is 10.4. The molecule has 0 saturated carbocycles. The lowest BCUT2D eigenvalue weighted by molar-refractivity contribution is 0.233. The van der Waals surface area contributed by atoms with Crippen molar-refractivity contribution in [2.45, 2.75) is 4.90 Å². The number of carbonyl (C=O) groups excluding carboxylic acids is 1. The summed E-state index contributed by atoms with van der Waals surface area (Å²) in [6.07, 6.45) is 0. The minimum absolute atomic E-state index is 0.783. The van der Waals surface area contributed by atoms with E-state index in [0.717, 1.165) is 21.3 Å². The molecule has 1 aromatic carbocycles. The first-order chi connectivity index (χ1) is 6.24. The fourth-order valence-corrected chi connectivity index (χ4v) is 1.31. The summed E-state index contributed by atoms with van der Waals surface area (Å²) in [5.74, 6) is 5.29. The summed E-state index contributed by atoms with van der Waals surface area (Å²) in [7, 11) is 0. The number of urea groups is 1. The number of hydrazine groups is 1. The van der Waals surface area contributed by atoms with Gasteiger partial charge in [-0.05, 0) is 12.1 Å². The van der Waals surface area contributed by atoms with Crippen LogP contribution in [0.3, 0.4) is 0 Å². The number of amides is 2. The molecule has 6 heteroatoms. The Kier molecular flexibility index (Phi) is 3.41. The van der Waals surface area contributed by atoms with Crippen LogP contribution in [-0.4, -0.2) is 10.4 Å². The average molecular weight is 196 g/mol. The molecule has 0 spiro atoms. The van der Waals surface area contributed by atoms with Crippen LogP contribution in [0.15, 0.2) is 40.3 Å². The third-order valence-electron chi connectivity index (χ3n) is 1.23. The Balaban J connectivity index is 2.60. The number of nitrogens with one attached hydrogen (secondary N) is 1. The van der Waals surface area contributed by atoms with Gasteiger partial charge in [0.25, 0.3) is 0 Å². The standard InChI is InChI=1S/C7H8N4OS/c8-10-7(12)11(9)13-6-4-2-1-3-5-6/h1-5,8H,9H2. The van der Waals surface area contributed by atoms with Crippen LogP contribution in [0.2, 0.25) is 0 Å². The van der Waals surface area contributed by atoms with Crippen LogP contribution in [0.1, 0.15) is 0 Å². The van der Waals surface area contributed by atoms with Crippen molar-refractivity contribution < 1.29 is 4.79 Å².